The van der Waals surface area contributed by atoms with Crippen molar-refractivity contribution in [1.82, 2.24) is 15.3 Å². The average Bonchev–Trinajstić information content (AvgIpc) is 2.78. The number of carbonyl (C=O) groups excluding carboxylic acids is 1. The van der Waals surface area contributed by atoms with Crippen molar-refractivity contribution in [3.05, 3.63) is 39.6 Å². The molecule has 5 nitrogen and oxygen atoms in total. The highest BCUT2D eigenvalue weighted by atomic mass is 32.1. The standard InChI is InChI=1S/C13H16N4OS/c1-8-12(5-10(14)6-16-8)13(18)15-4-3-11-7-19-9(2)17-11/h5-7H,3-4,14H2,1-2H3,(H,15,18). The minimum atomic E-state index is -0.149. The Kier molecular flexibility index (Phi) is 4.11. The quantitative estimate of drug-likeness (QED) is 0.890. The number of aryl methyl sites for hydroxylation is 2. The Hall–Kier alpha value is -1.95. The molecule has 0 aromatic carbocycles. The number of aromatic nitrogens is 2. The first kappa shape index (κ1) is 13.5. The number of hydrogen-bond acceptors (Lipinski definition) is 5. The molecule has 100 valence electrons. The van der Waals surface area contributed by atoms with Gasteiger partial charge >= 0.3 is 0 Å². The molecule has 0 radical (unpaired) electrons. The summed E-state index contributed by atoms with van der Waals surface area (Å²) in [4.78, 5) is 20.4. The number of hydrogen-bond donors (Lipinski definition) is 2. The SMILES string of the molecule is Cc1nc(CCNC(=O)c2cc(N)cnc2C)cs1. The van der Waals surface area contributed by atoms with Crippen molar-refractivity contribution in [2.24, 2.45) is 0 Å². The van der Waals surface area contributed by atoms with Crippen molar-refractivity contribution >= 4 is 22.9 Å². The number of nitrogens with two attached hydrogens (primary N) is 1. The summed E-state index contributed by atoms with van der Waals surface area (Å²) in [5.74, 6) is -0.149. The van der Waals surface area contributed by atoms with Crippen LogP contribution in [0.15, 0.2) is 17.6 Å². The van der Waals surface area contributed by atoms with E-state index in [1.807, 2.05) is 12.3 Å². The van der Waals surface area contributed by atoms with Gasteiger partial charge < -0.3 is 11.1 Å². The maximum Gasteiger partial charge on any atom is 0.253 e. The van der Waals surface area contributed by atoms with Gasteiger partial charge in [0.1, 0.15) is 0 Å². The largest absolute Gasteiger partial charge is 0.397 e. The molecule has 0 saturated heterocycles. The summed E-state index contributed by atoms with van der Waals surface area (Å²) in [6, 6.07) is 1.64. The fraction of sp³-hybridized carbons (Fsp3) is 0.308. The van der Waals surface area contributed by atoms with Crippen LogP contribution in [-0.4, -0.2) is 22.4 Å². The molecule has 0 fully saturated rings. The van der Waals surface area contributed by atoms with Crippen LogP contribution in [0.4, 0.5) is 5.69 Å². The molecule has 0 bridgehead atoms. The summed E-state index contributed by atoms with van der Waals surface area (Å²) in [6.07, 6.45) is 2.27. The normalized spacial score (nSPS) is 10.4. The average molecular weight is 276 g/mol. The predicted octanol–water partition coefficient (Wildman–Crippen LogP) is 1.71. The summed E-state index contributed by atoms with van der Waals surface area (Å²) in [5.41, 5.74) is 8.33. The fourth-order valence-electron chi connectivity index (χ4n) is 1.70. The van der Waals surface area contributed by atoms with E-state index >= 15 is 0 Å². The van der Waals surface area contributed by atoms with Gasteiger partial charge in [0.25, 0.3) is 5.91 Å². The van der Waals surface area contributed by atoms with Crippen LogP contribution in [0.1, 0.15) is 26.8 Å². The van der Waals surface area contributed by atoms with Gasteiger partial charge in [0.2, 0.25) is 0 Å². The first-order chi connectivity index (χ1) is 9.06. The van der Waals surface area contributed by atoms with Crippen LogP contribution >= 0.6 is 11.3 Å². The molecule has 0 unspecified atom stereocenters. The predicted molar refractivity (Wildman–Crippen MR) is 76.3 cm³/mol. The van der Waals surface area contributed by atoms with Gasteiger partial charge in [-0.25, -0.2) is 4.98 Å². The number of thiazole rings is 1. The Morgan fingerprint density at radius 2 is 2.26 bits per heavy atom. The third kappa shape index (κ3) is 3.51. The zero-order valence-electron chi connectivity index (χ0n) is 10.9. The van der Waals surface area contributed by atoms with Gasteiger partial charge in [-0.05, 0) is 19.9 Å². The van der Waals surface area contributed by atoms with Crippen LogP contribution in [0.2, 0.25) is 0 Å². The van der Waals surface area contributed by atoms with E-state index in [2.05, 4.69) is 15.3 Å². The zero-order chi connectivity index (χ0) is 13.8. The van der Waals surface area contributed by atoms with Crippen LogP contribution in [0.5, 0.6) is 0 Å². The van der Waals surface area contributed by atoms with Crippen molar-refractivity contribution in [3.63, 3.8) is 0 Å². The van der Waals surface area contributed by atoms with Gasteiger partial charge in [-0.15, -0.1) is 11.3 Å². The van der Waals surface area contributed by atoms with E-state index in [0.717, 1.165) is 17.1 Å². The number of nitrogens with zero attached hydrogens (tertiary/aromatic N) is 2. The van der Waals surface area contributed by atoms with Crippen LogP contribution in [0.3, 0.4) is 0 Å². The Labute approximate surface area is 115 Å². The molecule has 0 atom stereocenters. The van der Waals surface area contributed by atoms with Crippen LogP contribution in [-0.2, 0) is 6.42 Å². The van der Waals surface area contributed by atoms with E-state index in [0.29, 0.717) is 23.5 Å². The summed E-state index contributed by atoms with van der Waals surface area (Å²) in [7, 11) is 0. The molecule has 2 rings (SSSR count). The maximum atomic E-state index is 12.0. The monoisotopic (exact) mass is 276 g/mol. The summed E-state index contributed by atoms with van der Waals surface area (Å²) in [6.45, 7) is 4.31. The van der Waals surface area contributed by atoms with Crippen molar-refractivity contribution in [3.8, 4) is 0 Å². The number of nitrogen functional groups attached to an aromatic ring is 1. The molecule has 2 heterocycles. The molecule has 19 heavy (non-hydrogen) atoms. The summed E-state index contributed by atoms with van der Waals surface area (Å²) < 4.78 is 0. The maximum absolute atomic E-state index is 12.0. The van der Waals surface area contributed by atoms with Crippen molar-refractivity contribution in [1.29, 1.82) is 0 Å². The molecular formula is C13H16N4OS. The topological polar surface area (TPSA) is 80.9 Å². The molecule has 0 saturated carbocycles. The van der Waals surface area contributed by atoms with Crippen molar-refractivity contribution in [2.45, 2.75) is 20.3 Å². The molecule has 1 amide bonds. The van der Waals surface area contributed by atoms with Gasteiger partial charge in [-0.1, -0.05) is 0 Å². The van der Waals surface area contributed by atoms with E-state index in [9.17, 15) is 4.79 Å². The number of carbonyl (C=O) groups is 1. The first-order valence-electron chi connectivity index (χ1n) is 5.97. The highest BCUT2D eigenvalue weighted by Crippen LogP contribution is 2.10. The molecule has 0 aliphatic carbocycles. The second kappa shape index (κ2) is 5.79. The number of anilines is 1. The van der Waals surface area contributed by atoms with Crippen molar-refractivity contribution < 1.29 is 4.79 Å². The number of rotatable bonds is 4. The van der Waals surface area contributed by atoms with Crippen molar-refractivity contribution in [2.75, 3.05) is 12.3 Å². The molecular weight excluding hydrogens is 260 g/mol. The minimum absolute atomic E-state index is 0.149. The first-order valence-corrected chi connectivity index (χ1v) is 6.85. The van der Waals surface area contributed by atoms with Gasteiger partial charge in [0.15, 0.2) is 0 Å². The highest BCUT2D eigenvalue weighted by Gasteiger charge is 2.10. The van der Waals surface area contributed by atoms with Gasteiger partial charge in [-0.3, -0.25) is 9.78 Å². The second-order valence-electron chi connectivity index (χ2n) is 4.27. The lowest BCUT2D eigenvalue weighted by atomic mass is 10.2. The molecule has 0 aliphatic heterocycles. The van der Waals surface area contributed by atoms with E-state index in [1.165, 1.54) is 0 Å². The molecule has 2 aromatic rings. The molecule has 3 N–H and O–H groups in total. The lowest BCUT2D eigenvalue weighted by Gasteiger charge is -2.07. The Morgan fingerprint density at radius 1 is 1.47 bits per heavy atom. The lowest BCUT2D eigenvalue weighted by Crippen LogP contribution is -2.26. The molecule has 0 aliphatic rings. The minimum Gasteiger partial charge on any atom is -0.397 e. The Bertz CT molecular complexity index is 594. The van der Waals surface area contributed by atoms with E-state index in [1.54, 1.807) is 30.5 Å². The summed E-state index contributed by atoms with van der Waals surface area (Å²) >= 11 is 1.61. The van der Waals surface area contributed by atoms with E-state index in [-0.39, 0.29) is 5.91 Å². The number of pyridine rings is 1. The van der Waals surface area contributed by atoms with E-state index < -0.39 is 0 Å². The third-order valence-corrected chi connectivity index (χ3v) is 3.51. The molecule has 0 spiro atoms. The molecule has 6 heteroatoms. The van der Waals surface area contributed by atoms with Crippen LogP contribution < -0.4 is 11.1 Å². The summed E-state index contributed by atoms with van der Waals surface area (Å²) in [5, 5.41) is 5.90. The van der Waals surface area contributed by atoms with Gasteiger partial charge in [0, 0.05) is 18.3 Å². The Morgan fingerprint density at radius 3 is 2.95 bits per heavy atom. The second-order valence-corrected chi connectivity index (χ2v) is 5.33. The third-order valence-electron chi connectivity index (χ3n) is 2.69. The van der Waals surface area contributed by atoms with E-state index in [4.69, 9.17) is 5.73 Å². The number of amides is 1. The van der Waals surface area contributed by atoms with Gasteiger partial charge in [0.05, 0.1) is 33.8 Å². The fourth-order valence-corrected chi connectivity index (χ4v) is 2.35. The van der Waals surface area contributed by atoms with Crippen LogP contribution in [0.25, 0.3) is 0 Å². The van der Waals surface area contributed by atoms with Gasteiger partial charge in [-0.2, -0.15) is 0 Å². The smallest absolute Gasteiger partial charge is 0.253 e. The molecule has 2 aromatic heterocycles. The lowest BCUT2D eigenvalue weighted by molar-refractivity contribution is 0.0953. The van der Waals surface area contributed by atoms with Crippen LogP contribution in [0, 0.1) is 13.8 Å². The zero-order valence-corrected chi connectivity index (χ0v) is 11.8. The number of nitrogens with one attached hydrogen (secondary N) is 1. The highest BCUT2D eigenvalue weighted by molar-refractivity contribution is 7.09. The Balaban J connectivity index is 1.92.